The number of piperidine rings is 1. The van der Waals surface area contributed by atoms with Gasteiger partial charge in [-0.3, -0.25) is 4.79 Å². The van der Waals surface area contributed by atoms with Crippen LogP contribution in [0, 0.1) is 5.92 Å². The molecule has 0 spiro atoms. The molecule has 0 saturated carbocycles. The molecule has 2 aromatic heterocycles. The van der Waals surface area contributed by atoms with E-state index in [1.165, 1.54) is 26.6 Å². The summed E-state index contributed by atoms with van der Waals surface area (Å²) in [5.74, 6) is 1.92. The summed E-state index contributed by atoms with van der Waals surface area (Å²) in [6.45, 7) is 4.45. The van der Waals surface area contributed by atoms with Crippen molar-refractivity contribution in [2.24, 2.45) is 23.1 Å². The third kappa shape index (κ3) is 5.69. The Morgan fingerprint density at radius 1 is 1.12 bits per heavy atom. The van der Waals surface area contributed by atoms with Crippen molar-refractivity contribution < 1.29 is 19.0 Å². The first-order valence-electron chi connectivity index (χ1n) is 10.9. The van der Waals surface area contributed by atoms with Gasteiger partial charge in [-0.25, -0.2) is 9.97 Å². The van der Waals surface area contributed by atoms with Gasteiger partial charge >= 0.3 is 0 Å². The maximum Gasteiger partial charge on any atom is 0.272 e. The molecule has 0 radical (unpaired) electrons. The molecule has 6 N–H and O–H groups in total. The molecule has 0 bridgehead atoms. The number of hydrogen-bond acceptors (Lipinski definition) is 9. The second-order valence-electron chi connectivity index (χ2n) is 8.21. The van der Waals surface area contributed by atoms with Crippen LogP contribution in [0.15, 0.2) is 53.8 Å². The van der Waals surface area contributed by atoms with Crippen molar-refractivity contribution in [1.29, 1.82) is 0 Å². The van der Waals surface area contributed by atoms with Crippen molar-refractivity contribution in [3.8, 4) is 23.1 Å². The number of nitrogens with two attached hydrogens (primary N) is 3. The molecule has 1 amide bonds. The SMILES string of the molecule is COc1ccc(Oc2cnc(C(=O)N3CCC(/C(N)=C(\C)C=C(N)N)CC3C)cc2OC)cn1. The van der Waals surface area contributed by atoms with E-state index in [2.05, 4.69) is 9.97 Å². The number of carbonyl (C=O) groups excluding carboxylic acids is 1. The molecule has 34 heavy (non-hydrogen) atoms. The average Bonchev–Trinajstić information content (AvgIpc) is 2.83. The molecule has 2 atom stereocenters. The highest BCUT2D eigenvalue weighted by Crippen LogP contribution is 2.33. The van der Waals surface area contributed by atoms with Gasteiger partial charge in [0.15, 0.2) is 11.5 Å². The van der Waals surface area contributed by atoms with E-state index in [0.717, 1.165) is 24.1 Å². The number of pyridine rings is 2. The number of rotatable bonds is 7. The van der Waals surface area contributed by atoms with Crippen LogP contribution in [-0.4, -0.2) is 47.6 Å². The lowest BCUT2D eigenvalue weighted by molar-refractivity contribution is 0.0589. The van der Waals surface area contributed by atoms with Crippen LogP contribution in [-0.2, 0) is 0 Å². The standard InChI is InChI=1S/C24H32N6O4/c1-14(9-21(25)26)23(27)16-7-8-30(15(2)10-16)24(31)18-11-19(32-3)20(13-28-18)34-17-5-6-22(33-4)29-12-17/h5-6,9,11-13,15-16H,7-8,10,25-27H2,1-4H3/b23-14-. The number of carbonyl (C=O) groups is 1. The van der Waals surface area contributed by atoms with Crippen LogP contribution in [0.5, 0.6) is 23.1 Å². The minimum atomic E-state index is -0.174. The smallest absolute Gasteiger partial charge is 0.272 e. The van der Waals surface area contributed by atoms with Gasteiger partial charge in [0.2, 0.25) is 5.88 Å². The third-order valence-electron chi connectivity index (χ3n) is 5.83. The molecule has 3 heterocycles. The Kier molecular flexibility index (Phi) is 7.83. The summed E-state index contributed by atoms with van der Waals surface area (Å²) in [5.41, 5.74) is 19.3. The van der Waals surface area contributed by atoms with E-state index in [0.29, 0.717) is 29.7 Å². The van der Waals surface area contributed by atoms with E-state index in [-0.39, 0.29) is 29.4 Å². The Balaban J connectivity index is 1.72. The van der Waals surface area contributed by atoms with Gasteiger partial charge in [0.05, 0.1) is 32.4 Å². The highest BCUT2D eigenvalue weighted by Gasteiger charge is 2.31. The lowest BCUT2D eigenvalue weighted by Gasteiger charge is -2.38. The number of ether oxygens (including phenoxy) is 3. The first-order chi connectivity index (χ1) is 16.2. The highest BCUT2D eigenvalue weighted by atomic mass is 16.5. The fourth-order valence-corrected chi connectivity index (χ4v) is 4.01. The maximum absolute atomic E-state index is 13.2. The Labute approximate surface area is 199 Å². The Morgan fingerprint density at radius 3 is 2.47 bits per heavy atom. The van der Waals surface area contributed by atoms with Crippen LogP contribution in [0.2, 0.25) is 0 Å². The van der Waals surface area contributed by atoms with Gasteiger partial charge < -0.3 is 36.3 Å². The average molecular weight is 469 g/mol. The summed E-state index contributed by atoms with van der Waals surface area (Å²) in [7, 11) is 3.05. The predicted molar refractivity (Wildman–Crippen MR) is 128 cm³/mol. The zero-order chi connectivity index (χ0) is 24.8. The quantitative estimate of drug-likeness (QED) is 0.520. The number of aromatic nitrogens is 2. The van der Waals surface area contributed by atoms with Gasteiger partial charge in [-0.15, -0.1) is 0 Å². The van der Waals surface area contributed by atoms with E-state index in [1.54, 1.807) is 24.3 Å². The Bertz CT molecular complexity index is 1080. The second-order valence-corrected chi connectivity index (χ2v) is 8.21. The van der Waals surface area contributed by atoms with Crippen molar-refractivity contribution in [3.05, 3.63) is 59.5 Å². The lowest BCUT2D eigenvalue weighted by Crippen LogP contribution is -2.45. The molecule has 1 aliphatic heterocycles. The molecule has 1 aliphatic rings. The zero-order valence-electron chi connectivity index (χ0n) is 19.9. The number of allylic oxidation sites excluding steroid dienone is 3. The van der Waals surface area contributed by atoms with Crippen molar-refractivity contribution in [2.45, 2.75) is 32.7 Å². The second kappa shape index (κ2) is 10.8. The minimum absolute atomic E-state index is 0.0223. The van der Waals surface area contributed by atoms with Gasteiger partial charge in [0, 0.05) is 36.3 Å². The number of methoxy groups -OCH3 is 2. The molecular weight excluding hydrogens is 436 g/mol. The molecule has 1 saturated heterocycles. The molecule has 10 heteroatoms. The number of amides is 1. The lowest BCUT2D eigenvalue weighted by atomic mass is 9.87. The summed E-state index contributed by atoms with van der Waals surface area (Å²) < 4.78 is 16.3. The van der Waals surface area contributed by atoms with Crippen LogP contribution in [0.25, 0.3) is 0 Å². The van der Waals surface area contributed by atoms with Crippen LogP contribution >= 0.6 is 0 Å². The van der Waals surface area contributed by atoms with Crippen LogP contribution in [0.4, 0.5) is 0 Å². The highest BCUT2D eigenvalue weighted by molar-refractivity contribution is 5.93. The van der Waals surface area contributed by atoms with Gasteiger partial charge in [0.1, 0.15) is 11.4 Å². The zero-order valence-corrected chi connectivity index (χ0v) is 19.9. The molecule has 2 aromatic rings. The summed E-state index contributed by atoms with van der Waals surface area (Å²) in [4.78, 5) is 23.5. The molecule has 0 aliphatic carbocycles. The molecular formula is C24H32N6O4. The summed E-state index contributed by atoms with van der Waals surface area (Å²) in [6.07, 6.45) is 6.14. The van der Waals surface area contributed by atoms with E-state index in [1.807, 2.05) is 18.7 Å². The topological polar surface area (TPSA) is 152 Å². The van der Waals surface area contributed by atoms with Gasteiger partial charge in [-0.05, 0) is 44.4 Å². The normalized spacial score (nSPS) is 18.5. The van der Waals surface area contributed by atoms with Crippen molar-refractivity contribution in [2.75, 3.05) is 20.8 Å². The van der Waals surface area contributed by atoms with E-state index < -0.39 is 0 Å². The number of hydrogen-bond donors (Lipinski definition) is 3. The van der Waals surface area contributed by atoms with E-state index in [4.69, 9.17) is 31.4 Å². The van der Waals surface area contributed by atoms with E-state index in [9.17, 15) is 4.79 Å². The van der Waals surface area contributed by atoms with Crippen LogP contribution in [0.1, 0.15) is 37.2 Å². The van der Waals surface area contributed by atoms with Gasteiger partial charge in [-0.1, -0.05) is 0 Å². The Morgan fingerprint density at radius 2 is 1.88 bits per heavy atom. The number of nitrogens with zero attached hydrogens (tertiary/aromatic N) is 3. The molecule has 3 rings (SSSR count). The van der Waals surface area contributed by atoms with Crippen LogP contribution in [0.3, 0.4) is 0 Å². The predicted octanol–water partition coefficient (Wildman–Crippen LogP) is 2.52. The molecule has 10 nitrogen and oxygen atoms in total. The first kappa shape index (κ1) is 24.7. The first-order valence-corrected chi connectivity index (χ1v) is 10.9. The monoisotopic (exact) mass is 468 g/mol. The van der Waals surface area contributed by atoms with Crippen molar-refractivity contribution >= 4 is 5.91 Å². The fraction of sp³-hybridized carbons (Fsp3) is 0.375. The van der Waals surface area contributed by atoms with Crippen molar-refractivity contribution in [3.63, 3.8) is 0 Å². The summed E-state index contributed by atoms with van der Waals surface area (Å²) in [5, 5.41) is 0. The van der Waals surface area contributed by atoms with E-state index >= 15 is 0 Å². The minimum Gasteiger partial charge on any atom is -0.493 e. The molecule has 0 aromatic carbocycles. The molecule has 1 fully saturated rings. The van der Waals surface area contributed by atoms with Crippen molar-refractivity contribution in [1.82, 2.24) is 14.9 Å². The van der Waals surface area contributed by atoms with Crippen LogP contribution < -0.4 is 31.4 Å². The van der Waals surface area contributed by atoms with Gasteiger partial charge in [0.25, 0.3) is 5.91 Å². The maximum atomic E-state index is 13.2. The van der Waals surface area contributed by atoms with Gasteiger partial charge in [-0.2, -0.15) is 0 Å². The Hall–Kier alpha value is -3.95. The summed E-state index contributed by atoms with van der Waals surface area (Å²) >= 11 is 0. The summed E-state index contributed by atoms with van der Waals surface area (Å²) in [6, 6.07) is 4.96. The largest absolute Gasteiger partial charge is 0.493 e. The molecule has 2 unspecified atom stereocenters. The number of likely N-dealkylation sites (tertiary alicyclic amines) is 1. The fourth-order valence-electron chi connectivity index (χ4n) is 4.01. The molecule has 182 valence electrons. The third-order valence-corrected chi connectivity index (χ3v) is 5.83.